The molecule has 1 aromatic rings. The molecule has 2 aliphatic heterocycles. The molecule has 0 aromatic heterocycles. The summed E-state index contributed by atoms with van der Waals surface area (Å²) in [5.74, 6) is -1.71. The zero-order valence-corrected chi connectivity index (χ0v) is 11.7. The second-order valence-electron chi connectivity index (χ2n) is 4.56. The number of carboxylic acids is 2. The number of amides is 1. The summed E-state index contributed by atoms with van der Waals surface area (Å²) in [6.45, 7) is 0.392. The molecular weight excluding hydrogens is 296 g/mol. The Kier molecular flexibility index (Phi) is 4.37. The topological polar surface area (TPSA) is 121 Å². The number of hydrogen-bond acceptors (Lipinski definition) is 5. The lowest BCUT2D eigenvalue weighted by Crippen LogP contribution is -2.47. The van der Waals surface area contributed by atoms with Crippen molar-refractivity contribution in [3.63, 3.8) is 0 Å². The summed E-state index contributed by atoms with van der Waals surface area (Å²) >= 11 is 1.38. The quantitative estimate of drug-likeness (QED) is 0.543. The molecule has 2 atom stereocenters. The van der Waals surface area contributed by atoms with Crippen molar-refractivity contribution in [2.75, 3.05) is 12.3 Å². The monoisotopic (exact) mass is 310 g/mol. The van der Waals surface area contributed by atoms with Gasteiger partial charge in [-0.25, -0.2) is 4.79 Å². The lowest BCUT2D eigenvalue weighted by Gasteiger charge is -2.32. The summed E-state index contributed by atoms with van der Waals surface area (Å²) < 4.78 is 0. The van der Waals surface area contributed by atoms with Crippen LogP contribution in [0, 0.1) is 0 Å². The number of anilines is 1. The number of carbonyl (C=O) groups excluding carboxylic acids is 1. The molecule has 2 fully saturated rings. The Hall–Kier alpha value is -2.22. The van der Waals surface area contributed by atoms with Gasteiger partial charge in [0.1, 0.15) is 5.25 Å². The third-order valence-electron chi connectivity index (χ3n) is 3.17. The van der Waals surface area contributed by atoms with Crippen molar-refractivity contribution in [1.82, 2.24) is 4.90 Å². The molecule has 0 spiro atoms. The summed E-state index contributed by atoms with van der Waals surface area (Å²) in [6.07, 6.45) is 0.522. The van der Waals surface area contributed by atoms with E-state index in [9.17, 15) is 14.4 Å². The first-order valence-corrected chi connectivity index (χ1v) is 7.10. The Morgan fingerprint density at radius 1 is 1.29 bits per heavy atom. The summed E-state index contributed by atoms with van der Waals surface area (Å²) in [6, 6.07) is 6.36. The number of nitrogens with two attached hydrogens (primary N) is 1. The summed E-state index contributed by atoms with van der Waals surface area (Å²) in [7, 11) is 0. The molecule has 2 aliphatic rings. The van der Waals surface area contributed by atoms with Crippen molar-refractivity contribution < 1.29 is 24.6 Å². The van der Waals surface area contributed by atoms with Gasteiger partial charge in [-0.3, -0.25) is 9.59 Å². The summed E-state index contributed by atoms with van der Waals surface area (Å²) in [5.41, 5.74) is 5.80. The van der Waals surface area contributed by atoms with Crippen LogP contribution in [0.25, 0.3) is 0 Å². The summed E-state index contributed by atoms with van der Waals surface area (Å²) in [4.78, 5) is 33.2. The number of benzene rings is 1. The third kappa shape index (κ3) is 3.27. The van der Waals surface area contributed by atoms with E-state index in [4.69, 9.17) is 15.9 Å². The normalized spacial score (nSPS) is 22.7. The number of β-lactam (4-membered cyclic amide) rings is 1. The largest absolute Gasteiger partial charge is 0.480 e. The first kappa shape index (κ1) is 15.2. The number of fused-ring (bicyclic) bond motifs is 1. The number of rotatable bonds is 2. The molecule has 8 heteroatoms. The van der Waals surface area contributed by atoms with Crippen LogP contribution in [-0.4, -0.2) is 50.1 Å². The van der Waals surface area contributed by atoms with Crippen LogP contribution in [0.2, 0.25) is 0 Å². The zero-order valence-electron chi connectivity index (χ0n) is 10.9. The molecule has 112 valence electrons. The Morgan fingerprint density at radius 3 is 2.38 bits per heavy atom. The van der Waals surface area contributed by atoms with Crippen molar-refractivity contribution in [3.8, 4) is 0 Å². The number of aromatic carboxylic acids is 1. The van der Waals surface area contributed by atoms with Crippen LogP contribution in [0.4, 0.5) is 5.69 Å². The van der Waals surface area contributed by atoms with Crippen LogP contribution in [0.1, 0.15) is 16.8 Å². The molecule has 1 aromatic carbocycles. The third-order valence-corrected chi connectivity index (χ3v) is 4.58. The first-order valence-electron chi connectivity index (χ1n) is 6.15. The van der Waals surface area contributed by atoms with Gasteiger partial charge < -0.3 is 20.8 Å². The minimum absolute atomic E-state index is 0.0891. The van der Waals surface area contributed by atoms with Gasteiger partial charge in [0.25, 0.3) is 0 Å². The van der Waals surface area contributed by atoms with Crippen LogP contribution in [0.5, 0.6) is 0 Å². The maximum Gasteiger partial charge on any atom is 0.337 e. The number of nitrogen functional groups attached to an aromatic ring is 1. The molecule has 21 heavy (non-hydrogen) atoms. The fraction of sp³-hybridized carbons (Fsp3) is 0.308. The molecular formula is C13H14N2O5S. The van der Waals surface area contributed by atoms with Gasteiger partial charge in [-0.1, -0.05) is 12.1 Å². The first-order chi connectivity index (χ1) is 9.90. The van der Waals surface area contributed by atoms with Crippen molar-refractivity contribution in [1.29, 1.82) is 0 Å². The maximum atomic E-state index is 10.8. The van der Waals surface area contributed by atoms with Crippen LogP contribution >= 0.6 is 11.8 Å². The van der Waals surface area contributed by atoms with E-state index < -0.39 is 17.2 Å². The average molecular weight is 310 g/mol. The van der Waals surface area contributed by atoms with Gasteiger partial charge >= 0.3 is 11.9 Å². The van der Waals surface area contributed by atoms with Crippen molar-refractivity contribution in [2.24, 2.45) is 0 Å². The predicted molar refractivity (Wildman–Crippen MR) is 76.9 cm³/mol. The number of thioether (sulfide) groups is 1. The molecule has 0 aliphatic carbocycles. The number of nitrogens with zero attached hydrogens (tertiary/aromatic N) is 1. The lowest BCUT2D eigenvalue weighted by molar-refractivity contribution is -0.141. The van der Waals surface area contributed by atoms with Crippen molar-refractivity contribution in [3.05, 3.63) is 29.8 Å². The second-order valence-corrected chi connectivity index (χ2v) is 5.95. The van der Waals surface area contributed by atoms with E-state index in [0.717, 1.165) is 0 Å². The molecule has 0 bridgehead atoms. The molecule has 0 saturated carbocycles. The lowest BCUT2D eigenvalue weighted by atomic mass is 10.2. The SMILES string of the molecule is Nc1ccccc1C(=O)O.O=C(O)C1CN2C(=O)C[C@H]2S1. The van der Waals surface area contributed by atoms with Gasteiger partial charge in [0.15, 0.2) is 0 Å². The molecule has 1 amide bonds. The van der Waals surface area contributed by atoms with Gasteiger partial charge in [-0.15, -0.1) is 11.8 Å². The highest BCUT2D eigenvalue weighted by Gasteiger charge is 2.47. The zero-order chi connectivity index (χ0) is 15.6. The van der Waals surface area contributed by atoms with Gasteiger partial charge in [0.2, 0.25) is 5.91 Å². The summed E-state index contributed by atoms with van der Waals surface area (Å²) in [5, 5.41) is 16.8. The van der Waals surface area contributed by atoms with E-state index >= 15 is 0 Å². The number of para-hydroxylation sites is 1. The van der Waals surface area contributed by atoms with Gasteiger partial charge in [0, 0.05) is 12.2 Å². The van der Waals surface area contributed by atoms with Crippen LogP contribution < -0.4 is 5.73 Å². The highest BCUT2D eigenvalue weighted by atomic mass is 32.2. The van der Waals surface area contributed by atoms with Crippen molar-refractivity contribution in [2.45, 2.75) is 17.0 Å². The van der Waals surface area contributed by atoms with Crippen molar-refractivity contribution >= 4 is 35.3 Å². The van der Waals surface area contributed by atoms with E-state index in [1.54, 1.807) is 23.1 Å². The molecule has 3 rings (SSSR count). The maximum absolute atomic E-state index is 10.8. The van der Waals surface area contributed by atoms with E-state index in [0.29, 0.717) is 18.7 Å². The van der Waals surface area contributed by atoms with E-state index in [1.165, 1.54) is 17.8 Å². The molecule has 2 heterocycles. The minimum Gasteiger partial charge on any atom is -0.480 e. The Morgan fingerprint density at radius 2 is 1.95 bits per heavy atom. The van der Waals surface area contributed by atoms with Crippen LogP contribution in [-0.2, 0) is 9.59 Å². The molecule has 7 nitrogen and oxygen atoms in total. The molecule has 4 N–H and O–H groups in total. The highest BCUT2D eigenvalue weighted by Crippen LogP contribution is 2.39. The Bertz CT molecular complexity index is 592. The van der Waals surface area contributed by atoms with Crippen LogP contribution in [0.3, 0.4) is 0 Å². The molecule has 0 radical (unpaired) electrons. The smallest absolute Gasteiger partial charge is 0.337 e. The fourth-order valence-corrected chi connectivity index (χ4v) is 3.34. The molecule has 2 saturated heterocycles. The number of carboxylic acid groups (broad SMARTS) is 2. The van der Waals surface area contributed by atoms with E-state index in [1.807, 2.05) is 0 Å². The van der Waals surface area contributed by atoms with E-state index in [2.05, 4.69) is 0 Å². The Balaban J connectivity index is 0.000000155. The minimum atomic E-state index is -0.988. The van der Waals surface area contributed by atoms with Gasteiger partial charge in [-0.2, -0.15) is 0 Å². The Labute approximate surface area is 124 Å². The second kappa shape index (κ2) is 6.04. The predicted octanol–water partition coefficient (Wildman–Crippen LogP) is 0.712. The average Bonchev–Trinajstić information content (AvgIpc) is 2.77. The van der Waals surface area contributed by atoms with Crippen LogP contribution in [0.15, 0.2) is 24.3 Å². The number of carbonyl (C=O) groups is 3. The fourth-order valence-electron chi connectivity index (χ4n) is 2.01. The number of aliphatic carboxylic acids is 1. The van der Waals surface area contributed by atoms with Gasteiger partial charge in [-0.05, 0) is 12.1 Å². The van der Waals surface area contributed by atoms with E-state index in [-0.39, 0.29) is 16.8 Å². The number of hydrogen-bond donors (Lipinski definition) is 3. The highest BCUT2D eigenvalue weighted by molar-refractivity contribution is 8.01. The standard InChI is InChI=1S/C7H7NO2.C6H7NO3S/c8-6-4-2-1-3-5(6)7(9)10;8-4-1-5-7(4)2-3(11-5)6(9)10/h1-4H,8H2,(H,9,10);3,5H,1-2H2,(H,9,10)/t;3?,5-/m.1/s1. The van der Waals surface area contributed by atoms with Gasteiger partial charge in [0.05, 0.1) is 17.4 Å². The molecule has 1 unspecified atom stereocenters.